The van der Waals surface area contributed by atoms with Crippen LogP contribution in [0.4, 0.5) is 17.1 Å². The smallest absolute Gasteiger partial charge is 0.0561 e. The van der Waals surface area contributed by atoms with Crippen molar-refractivity contribution in [2.24, 2.45) is 0 Å². The van der Waals surface area contributed by atoms with E-state index in [9.17, 15) is 0 Å². The molecule has 2 nitrogen and oxygen atoms in total. The van der Waals surface area contributed by atoms with E-state index in [1.54, 1.807) is 0 Å². The van der Waals surface area contributed by atoms with Crippen molar-refractivity contribution in [3.05, 3.63) is 205 Å². The lowest BCUT2D eigenvalue weighted by molar-refractivity contribution is 0.660. The molecule has 9 aromatic rings. The summed E-state index contributed by atoms with van der Waals surface area (Å²) in [6, 6.07) is 70.8. The van der Waals surface area contributed by atoms with Gasteiger partial charge < -0.3 is 9.47 Å². The predicted molar refractivity (Wildman–Crippen MR) is 224 cm³/mol. The van der Waals surface area contributed by atoms with Crippen LogP contribution in [0.5, 0.6) is 0 Å². The van der Waals surface area contributed by atoms with E-state index in [0.29, 0.717) is 0 Å². The molecule has 8 aromatic carbocycles. The minimum absolute atomic E-state index is 0.0836. The van der Waals surface area contributed by atoms with Gasteiger partial charge in [0.25, 0.3) is 0 Å². The fraction of sp³-hybridized carbons (Fsp3) is 0.0588. The largest absolute Gasteiger partial charge is 0.310 e. The third-order valence-electron chi connectivity index (χ3n) is 11.2. The first kappa shape index (κ1) is 31.1. The van der Waals surface area contributed by atoms with Gasteiger partial charge in [-0.05, 0) is 87.5 Å². The normalized spacial score (nSPS) is 12.9. The highest BCUT2D eigenvalue weighted by molar-refractivity contribution is 6.10. The topological polar surface area (TPSA) is 8.17 Å². The summed E-state index contributed by atoms with van der Waals surface area (Å²) in [5.41, 5.74) is 17.1. The number of rotatable bonds is 6. The molecular weight excluding hydrogens is 641 g/mol. The maximum atomic E-state index is 2.45. The van der Waals surface area contributed by atoms with Crippen LogP contribution in [0.15, 0.2) is 194 Å². The van der Waals surface area contributed by atoms with Crippen molar-refractivity contribution in [2.75, 3.05) is 4.90 Å². The van der Waals surface area contributed by atoms with Crippen LogP contribution in [0.1, 0.15) is 25.0 Å². The highest BCUT2D eigenvalue weighted by Crippen LogP contribution is 2.54. The lowest BCUT2D eigenvalue weighted by Gasteiger charge is -2.29. The molecule has 53 heavy (non-hydrogen) atoms. The number of hydrogen-bond donors (Lipinski definition) is 0. The average molecular weight is 679 g/mol. The van der Waals surface area contributed by atoms with Crippen molar-refractivity contribution in [1.29, 1.82) is 0 Å². The second kappa shape index (κ2) is 12.3. The van der Waals surface area contributed by atoms with Gasteiger partial charge in [-0.2, -0.15) is 0 Å². The summed E-state index contributed by atoms with van der Waals surface area (Å²) in [4.78, 5) is 2.45. The molecule has 0 amide bonds. The van der Waals surface area contributed by atoms with Gasteiger partial charge in [0.1, 0.15) is 0 Å². The van der Waals surface area contributed by atoms with E-state index in [-0.39, 0.29) is 5.41 Å². The standard InChI is InChI=1S/C51H38N2/c1-51(2)45-24-12-9-22-44(45)50-43(23-15-25-46(50)51)41-21-11-13-26-47(41)52(38-30-28-36(29-31-38)35-16-5-3-6-17-35)39-32-33-42-40-20-10-14-27-48(40)53(49(42)34-39)37-18-7-4-8-19-37/h3-34H,1-2H3. The lowest BCUT2D eigenvalue weighted by Crippen LogP contribution is -2.15. The molecule has 0 atom stereocenters. The third-order valence-corrected chi connectivity index (χ3v) is 11.2. The van der Waals surface area contributed by atoms with E-state index in [1.807, 2.05) is 0 Å². The molecule has 0 saturated carbocycles. The van der Waals surface area contributed by atoms with Crippen LogP contribution >= 0.6 is 0 Å². The second-order valence-corrected chi connectivity index (χ2v) is 14.6. The Morgan fingerprint density at radius 1 is 0.415 bits per heavy atom. The average Bonchev–Trinajstić information content (AvgIpc) is 3.67. The molecule has 0 radical (unpaired) electrons. The van der Waals surface area contributed by atoms with Gasteiger partial charge in [0.05, 0.1) is 16.7 Å². The maximum absolute atomic E-state index is 2.45. The number of nitrogens with zero attached hydrogens (tertiary/aromatic N) is 2. The molecule has 1 aromatic heterocycles. The molecule has 0 bridgehead atoms. The summed E-state index contributed by atoms with van der Waals surface area (Å²) < 4.78 is 2.40. The molecule has 2 heteroatoms. The first-order chi connectivity index (χ1) is 26.1. The molecule has 0 unspecified atom stereocenters. The molecule has 10 rings (SSSR count). The molecule has 1 aliphatic rings. The number of para-hydroxylation sites is 3. The Hall–Kier alpha value is -6.64. The zero-order valence-corrected chi connectivity index (χ0v) is 29.9. The molecule has 252 valence electrons. The third kappa shape index (κ3) is 4.94. The van der Waals surface area contributed by atoms with Gasteiger partial charge in [0.2, 0.25) is 0 Å². The van der Waals surface area contributed by atoms with E-state index in [2.05, 4.69) is 217 Å². The number of anilines is 3. The molecule has 0 N–H and O–H groups in total. The molecular formula is C51H38N2. The first-order valence-corrected chi connectivity index (χ1v) is 18.4. The van der Waals surface area contributed by atoms with Gasteiger partial charge >= 0.3 is 0 Å². The van der Waals surface area contributed by atoms with Gasteiger partial charge in [-0.25, -0.2) is 0 Å². The highest BCUT2D eigenvalue weighted by Gasteiger charge is 2.37. The summed E-state index contributed by atoms with van der Waals surface area (Å²) in [7, 11) is 0. The molecule has 0 aliphatic heterocycles. The minimum Gasteiger partial charge on any atom is -0.310 e. The van der Waals surface area contributed by atoms with Crippen molar-refractivity contribution in [3.63, 3.8) is 0 Å². The van der Waals surface area contributed by atoms with Crippen LogP contribution in [-0.4, -0.2) is 4.57 Å². The predicted octanol–water partition coefficient (Wildman–Crippen LogP) is 13.9. The number of hydrogen-bond acceptors (Lipinski definition) is 1. The van der Waals surface area contributed by atoms with Gasteiger partial charge in [-0.15, -0.1) is 0 Å². The molecule has 0 fully saturated rings. The van der Waals surface area contributed by atoms with Gasteiger partial charge in [-0.1, -0.05) is 159 Å². The minimum atomic E-state index is -0.0836. The van der Waals surface area contributed by atoms with Gasteiger partial charge in [0.15, 0.2) is 0 Å². The second-order valence-electron chi connectivity index (χ2n) is 14.6. The van der Waals surface area contributed by atoms with Crippen LogP contribution < -0.4 is 4.90 Å². The molecule has 1 aliphatic carbocycles. The Balaban J connectivity index is 1.23. The van der Waals surface area contributed by atoms with Crippen molar-refractivity contribution in [3.8, 4) is 39.1 Å². The SMILES string of the molecule is CC1(C)c2ccccc2-c2c(-c3ccccc3N(c3ccc(-c4ccccc4)cc3)c3ccc4c5ccccc5n(-c5ccccc5)c4c3)cccc21. The Morgan fingerprint density at radius 2 is 1.00 bits per heavy atom. The maximum Gasteiger partial charge on any atom is 0.0561 e. The van der Waals surface area contributed by atoms with Gasteiger partial charge in [-0.3, -0.25) is 0 Å². The highest BCUT2D eigenvalue weighted by atomic mass is 15.1. The zero-order valence-electron chi connectivity index (χ0n) is 29.9. The lowest BCUT2D eigenvalue weighted by atomic mass is 9.82. The summed E-state index contributed by atoms with van der Waals surface area (Å²) in [5, 5.41) is 2.48. The van der Waals surface area contributed by atoms with E-state index in [1.165, 1.54) is 66.3 Å². The van der Waals surface area contributed by atoms with Crippen LogP contribution in [-0.2, 0) is 5.41 Å². The summed E-state index contributed by atoms with van der Waals surface area (Å²) in [5.74, 6) is 0. The molecule has 0 spiro atoms. The van der Waals surface area contributed by atoms with E-state index < -0.39 is 0 Å². The van der Waals surface area contributed by atoms with E-state index >= 15 is 0 Å². The first-order valence-electron chi connectivity index (χ1n) is 18.4. The molecule has 0 saturated heterocycles. The summed E-state index contributed by atoms with van der Waals surface area (Å²) in [6.07, 6.45) is 0. The quantitative estimate of drug-likeness (QED) is 0.170. The molecule has 1 heterocycles. The Bertz CT molecular complexity index is 2790. The monoisotopic (exact) mass is 678 g/mol. The summed E-state index contributed by atoms with van der Waals surface area (Å²) >= 11 is 0. The fourth-order valence-electron chi connectivity index (χ4n) is 8.69. The van der Waals surface area contributed by atoms with Gasteiger partial charge in [0, 0.05) is 38.8 Å². The van der Waals surface area contributed by atoms with Crippen LogP contribution in [0.25, 0.3) is 60.9 Å². The number of benzene rings is 8. The Morgan fingerprint density at radius 3 is 1.81 bits per heavy atom. The van der Waals surface area contributed by atoms with Crippen LogP contribution in [0, 0.1) is 0 Å². The summed E-state index contributed by atoms with van der Waals surface area (Å²) in [6.45, 7) is 4.71. The van der Waals surface area contributed by atoms with Crippen LogP contribution in [0.3, 0.4) is 0 Å². The Labute approximate surface area is 310 Å². The number of fused-ring (bicyclic) bond motifs is 6. The van der Waals surface area contributed by atoms with Crippen molar-refractivity contribution in [2.45, 2.75) is 19.3 Å². The zero-order chi connectivity index (χ0) is 35.5. The van der Waals surface area contributed by atoms with E-state index in [4.69, 9.17) is 0 Å². The van der Waals surface area contributed by atoms with Crippen molar-refractivity contribution < 1.29 is 0 Å². The van der Waals surface area contributed by atoms with E-state index in [0.717, 1.165) is 22.7 Å². The van der Waals surface area contributed by atoms with Crippen molar-refractivity contribution in [1.82, 2.24) is 4.57 Å². The van der Waals surface area contributed by atoms with Crippen molar-refractivity contribution >= 4 is 38.9 Å². The van der Waals surface area contributed by atoms with Crippen LogP contribution in [0.2, 0.25) is 0 Å². The number of aromatic nitrogens is 1. The fourth-order valence-corrected chi connectivity index (χ4v) is 8.69. The Kier molecular flexibility index (Phi) is 7.19.